The Morgan fingerprint density at radius 1 is 1.42 bits per heavy atom. The van der Waals surface area contributed by atoms with E-state index in [0.717, 1.165) is 16.6 Å². The molecule has 0 aliphatic carbocycles. The zero-order valence-electron chi connectivity index (χ0n) is 10.3. The fourth-order valence-corrected chi connectivity index (χ4v) is 2.05. The van der Waals surface area contributed by atoms with Crippen LogP contribution in [0.5, 0.6) is 0 Å². The standard InChI is InChI=1S/C13H14N4O2/c18-13(12-8-19-6-5-16-12)17-11-2-4-15-10-1-3-14-7-9(10)11/h1-4,7,12,16H,5-6,8H2,(H,15,17,18). The number of carbonyl (C=O) groups is 1. The third-order valence-corrected chi connectivity index (χ3v) is 3.04. The Hall–Kier alpha value is -2.05. The van der Waals surface area contributed by atoms with Crippen molar-refractivity contribution in [3.63, 3.8) is 0 Å². The van der Waals surface area contributed by atoms with Crippen LogP contribution in [0.15, 0.2) is 30.7 Å². The van der Waals surface area contributed by atoms with Gasteiger partial charge in [0.2, 0.25) is 5.91 Å². The van der Waals surface area contributed by atoms with Crippen LogP contribution < -0.4 is 10.6 Å². The van der Waals surface area contributed by atoms with Crippen molar-refractivity contribution in [2.24, 2.45) is 0 Å². The van der Waals surface area contributed by atoms with Crippen molar-refractivity contribution in [3.8, 4) is 0 Å². The molecule has 2 N–H and O–H groups in total. The number of amides is 1. The van der Waals surface area contributed by atoms with Crippen molar-refractivity contribution in [2.75, 3.05) is 25.1 Å². The topological polar surface area (TPSA) is 76.1 Å². The lowest BCUT2D eigenvalue weighted by atomic mass is 10.2. The average Bonchev–Trinajstić information content (AvgIpc) is 2.48. The number of hydrogen-bond donors (Lipinski definition) is 2. The van der Waals surface area contributed by atoms with E-state index in [-0.39, 0.29) is 11.9 Å². The quantitative estimate of drug-likeness (QED) is 0.823. The van der Waals surface area contributed by atoms with Gasteiger partial charge in [0.1, 0.15) is 6.04 Å². The molecule has 1 atom stereocenters. The van der Waals surface area contributed by atoms with Gasteiger partial charge in [0.15, 0.2) is 0 Å². The second-order valence-corrected chi connectivity index (χ2v) is 4.32. The van der Waals surface area contributed by atoms with E-state index in [4.69, 9.17) is 4.74 Å². The highest BCUT2D eigenvalue weighted by Gasteiger charge is 2.21. The van der Waals surface area contributed by atoms with Crippen LogP contribution in [-0.4, -0.2) is 41.7 Å². The smallest absolute Gasteiger partial charge is 0.243 e. The third-order valence-electron chi connectivity index (χ3n) is 3.04. The molecule has 0 saturated carbocycles. The van der Waals surface area contributed by atoms with Crippen molar-refractivity contribution in [1.29, 1.82) is 0 Å². The van der Waals surface area contributed by atoms with Gasteiger partial charge in [-0.3, -0.25) is 14.8 Å². The van der Waals surface area contributed by atoms with Crippen molar-refractivity contribution in [2.45, 2.75) is 6.04 Å². The first-order valence-electron chi connectivity index (χ1n) is 6.15. The van der Waals surface area contributed by atoms with Gasteiger partial charge in [-0.15, -0.1) is 0 Å². The Balaban J connectivity index is 1.82. The molecule has 2 aromatic heterocycles. The number of hydrogen-bond acceptors (Lipinski definition) is 5. The number of nitrogens with zero attached hydrogens (tertiary/aromatic N) is 2. The highest BCUT2D eigenvalue weighted by Crippen LogP contribution is 2.20. The number of aromatic nitrogens is 2. The summed E-state index contributed by atoms with van der Waals surface area (Å²) in [5.74, 6) is -0.101. The third kappa shape index (κ3) is 2.54. The van der Waals surface area contributed by atoms with Crippen LogP contribution in [0, 0.1) is 0 Å². The van der Waals surface area contributed by atoms with E-state index in [1.54, 1.807) is 24.7 Å². The van der Waals surface area contributed by atoms with Crippen LogP contribution in [0.4, 0.5) is 5.69 Å². The van der Waals surface area contributed by atoms with Crippen LogP contribution in [0.1, 0.15) is 0 Å². The summed E-state index contributed by atoms with van der Waals surface area (Å²) in [5, 5.41) is 6.84. The first-order valence-corrected chi connectivity index (χ1v) is 6.15. The molecule has 1 fully saturated rings. The Morgan fingerprint density at radius 3 is 3.21 bits per heavy atom. The molecular weight excluding hydrogens is 244 g/mol. The molecule has 3 rings (SSSR count). The molecule has 98 valence electrons. The first kappa shape index (κ1) is 12.0. The molecule has 1 aliphatic heterocycles. The van der Waals surface area contributed by atoms with Crippen molar-refractivity contribution >= 4 is 22.5 Å². The number of rotatable bonds is 2. The lowest BCUT2D eigenvalue weighted by Crippen LogP contribution is -2.48. The van der Waals surface area contributed by atoms with Gasteiger partial charge in [-0.1, -0.05) is 0 Å². The van der Waals surface area contributed by atoms with Crippen molar-refractivity contribution < 1.29 is 9.53 Å². The molecule has 2 aromatic rings. The average molecular weight is 258 g/mol. The first-order chi connectivity index (χ1) is 9.34. The number of carbonyl (C=O) groups excluding carboxylic acids is 1. The normalized spacial score (nSPS) is 19.3. The minimum Gasteiger partial charge on any atom is -0.378 e. The Bertz CT molecular complexity index is 591. The summed E-state index contributed by atoms with van der Waals surface area (Å²) in [4.78, 5) is 20.4. The maximum atomic E-state index is 12.1. The van der Waals surface area contributed by atoms with Crippen LogP contribution in [-0.2, 0) is 9.53 Å². The van der Waals surface area contributed by atoms with E-state index < -0.39 is 0 Å². The predicted octanol–water partition coefficient (Wildman–Crippen LogP) is 0.557. The summed E-state index contributed by atoms with van der Waals surface area (Å²) in [5.41, 5.74) is 1.52. The Morgan fingerprint density at radius 2 is 2.37 bits per heavy atom. The summed E-state index contributed by atoms with van der Waals surface area (Å²) >= 11 is 0. The van der Waals surface area contributed by atoms with Crippen molar-refractivity contribution in [3.05, 3.63) is 30.7 Å². The molecule has 6 heteroatoms. The highest BCUT2D eigenvalue weighted by molar-refractivity contribution is 6.02. The molecule has 6 nitrogen and oxygen atoms in total. The maximum Gasteiger partial charge on any atom is 0.243 e. The van der Waals surface area contributed by atoms with Gasteiger partial charge >= 0.3 is 0 Å². The monoisotopic (exact) mass is 258 g/mol. The SMILES string of the molecule is O=C(Nc1ccnc2ccncc12)C1COCCN1. The van der Waals surface area contributed by atoms with Crippen LogP contribution in [0.2, 0.25) is 0 Å². The van der Waals surface area contributed by atoms with E-state index in [1.165, 1.54) is 0 Å². The summed E-state index contributed by atoms with van der Waals surface area (Å²) < 4.78 is 5.28. The lowest BCUT2D eigenvalue weighted by Gasteiger charge is -2.23. The van der Waals surface area contributed by atoms with Gasteiger partial charge in [0, 0.05) is 30.5 Å². The van der Waals surface area contributed by atoms with E-state index >= 15 is 0 Å². The summed E-state index contributed by atoms with van der Waals surface area (Å²) in [7, 11) is 0. The summed E-state index contributed by atoms with van der Waals surface area (Å²) in [6, 6.07) is 3.27. The number of ether oxygens (including phenoxy) is 1. The number of anilines is 1. The minimum absolute atomic E-state index is 0.101. The van der Waals surface area contributed by atoms with E-state index in [9.17, 15) is 4.79 Å². The van der Waals surface area contributed by atoms with Crippen LogP contribution in [0.25, 0.3) is 10.9 Å². The number of morpholine rings is 1. The lowest BCUT2D eigenvalue weighted by molar-refractivity contribution is -0.120. The molecule has 3 heterocycles. The molecule has 0 radical (unpaired) electrons. The van der Waals surface area contributed by atoms with Gasteiger partial charge in [-0.2, -0.15) is 0 Å². The molecule has 1 unspecified atom stereocenters. The minimum atomic E-state index is -0.311. The zero-order valence-corrected chi connectivity index (χ0v) is 10.3. The van der Waals surface area contributed by atoms with Crippen LogP contribution >= 0.6 is 0 Å². The highest BCUT2D eigenvalue weighted by atomic mass is 16.5. The van der Waals surface area contributed by atoms with E-state index in [1.807, 2.05) is 6.07 Å². The second-order valence-electron chi connectivity index (χ2n) is 4.32. The van der Waals surface area contributed by atoms with Gasteiger partial charge < -0.3 is 15.4 Å². The Kier molecular flexibility index (Phi) is 3.35. The van der Waals surface area contributed by atoms with Gasteiger partial charge in [0.25, 0.3) is 0 Å². The number of nitrogens with one attached hydrogen (secondary N) is 2. The van der Waals surface area contributed by atoms with Gasteiger partial charge in [0.05, 0.1) is 24.4 Å². The van der Waals surface area contributed by atoms with Gasteiger partial charge in [-0.05, 0) is 12.1 Å². The number of fused-ring (bicyclic) bond motifs is 1. The zero-order chi connectivity index (χ0) is 13.1. The molecule has 0 bridgehead atoms. The molecule has 1 amide bonds. The molecule has 19 heavy (non-hydrogen) atoms. The summed E-state index contributed by atoms with van der Waals surface area (Å²) in [6.07, 6.45) is 5.04. The van der Waals surface area contributed by atoms with Crippen LogP contribution in [0.3, 0.4) is 0 Å². The van der Waals surface area contributed by atoms with E-state index in [2.05, 4.69) is 20.6 Å². The molecule has 0 aromatic carbocycles. The van der Waals surface area contributed by atoms with Gasteiger partial charge in [-0.25, -0.2) is 0 Å². The van der Waals surface area contributed by atoms with E-state index in [0.29, 0.717) is 19.8 Å². The largest absolute Gasteiger partial charge is 0.378 e. The summed E-state index contributed by atoms with van der Waals surface area (Å²) in [6.45, 7) is 1.73. The predicted molar refractivity (Wildman–Crippen MR) is 70.8 cm³/mol. The maximum absolute atomic E-state index is 12.1. The fraction of sp³-hybridized carbons (Fsp3) is 0.308. The molecular formula is C13H14N4O2. The van der Waals surface area contributed by atoms with Crippen molar-refractivity contribution in [1.82, 2.24) is 15.3 Å². The molecule has 1 saturated heterocycles. The second kappa shape index (κ2) is 5.29. The Labute approximate surface area is 110 Å². The number of pyridine rings is 2. The fourth-order valence-electron chi connectivity index (χ4n) is 2.05. The molecule has 0 spiro atoms. The molecule has 1 aliphatic rings.